The summed E-state index contributed by atoms with van der Waals surface area (Å²) < 4.78 is -0.469. The number of rotatable bonds is 6. The number of carbonyl (C=O) groups excluding carboxylic acids is 2. The summed E-state index contributed by atoms with van der Waals surface area (Å²) in [7, 11) is 0. The molecule has 0 heterocycles. The highest BCUT2D eigenvalue weighted by Crippen LogP contribution is 2.26. The van der Waals surface area contributed by atoms with Crippen LogP contribution in [0.5, 0.6) is 0 Å². The van der Waals surface area contributed by atoms with Gasteiger partial charge in [-0.2, -0.15) is 0 Å². The van der Waals surface area contributed by atoms with Gasteiger partial charge in [-0.25, -0.2) is 0 Å². The van der Waals surface area contributed by atoms with Gasteiger partial charge in [-0.05, 0) is 12.8 Å². The molecule has 0 aromatic rings. The van der Waals surface area contributed by atoms with E-state index in [0.717, 1.165) is 12.8 Å². The van der Waals surface area contributed by atoms with E-state index in [-0.39, 0.29) is 11.8 Å². The highest BCUT2D eigenvalue weighted by Gasteiger charge is 2.30. The zero-order valence-corrected chi connectivity index (χ0v) is 11.1. The van der Waals surface area contributed by atoms with E-state index < -0.39 is 4.32 Å². The molecular weight excluding hydrogens is 260 g/mol. The van der Waals surface area contributed by atoms with E-state index in [1.807, 2.05) is 13.8 Å². The van der Waals surface area contributed by atoms with E-state index in [9.17, 15) is 9.59 Å². The van der Waals surface area contributed by atoms with Crippen LogP contribution in [0.4, 0.5) is 0 Å². The number of alkyl halides is 1. The first-order chi connectivity index (χ1) is 6.96. The van der Waals surface area contributed by atoms with Crippen molar-refractivity contribution < 1.29 is 9.59 Å². The summed E-state index contributed by atoms with van der Waals surface area (Å²) in [6, 6.07) is 0. The van der Waals surface area contributed by atoms with Crippen LogP contribution in [0.15, 0.2) is 0 Å². The molecule has 2 N–H and O–H groups in total. The Kier molecular flexibility index (Phi) is 6.56. The average molecular weight is 279 g/mol. The third-order valence-electron chi connectivity index (χ3n) is 2.31. The summed E-state index contributed by atoms with van der Waals surface area (Å²) in [6.45, 7) is 6.31. The maximum Gasteiger partial charge on any atom is 0.236 e. The molecule has 0 unspecified atom stereocenters. The van der Waals surface area contributed by atoms with Crippen LogP contribution in [0.25, 0.3) is 0 Å². The number of halogens is 1. The van der Waals surface area contributed by atoms with E-state index >= 15 is 0 Å². The van der Waals surface area contributed by atoms with Crippen molar-refractivity contribution in [2.75, 3.05) is 13.1 Å². The summed E-state index contributed by atoms with van der Waals surface area (Å²) in [6.07, 6.45) is 1.49. The van der Waals surface area contributed by atoms with Crippen LogP contribution in [-0.4, -0.2) is 29.2 Å². The minimum Gasteiger partial charge on any atom is -0.355 e. The molecule has 0 saturated heterocycles. The second-order valence-electron chi connectivity index (χ2n) is 3.41. The predicted octanol–water partition coefficient (Wildman–Crippen LogP) is 1.19. The smallest absolute Gasteiger partial charge is 0.236 e. The number of hydrogen-bond donors (Lipinski definition) is 2. The number of amides is 2. The summed E-state index contributed by atoms with van der Waals surface area (Å²) in [5, 5.41) is 5.40. The molecule has 0 fully saturated rings. The summed E-state index contributed by atoms with van der Waals surface area (Å²) in [5.74, 6) is -0.0989. The van der Waals surface area contributed by atoms with Crippen LogP contribution < -0.4 is 10.6 Å². The molecule has 0 rings (SSSR count). The quantitative estimate of drug-likeness (QED) is 0.567. The van der Waals surface area contributed by atoms with E-state index in [1.54, 1.807) is 0 Å². The van der Waals surface area contributed by atoms with Crippen molar-refractivity contribution in [3.05, 3.63) is 0 Å². The second kappa shape index (κ2) is 6.82. The molecule has 0 spiro atoms. The largest absolute Gasteiger partial charge is 0.355 e. The Balaban J connectivity index is 3.87. The standard InChI is InChI=1S/C10H19BrN2O2/c1-4-10(11,5-2)9(15)13-7-6-12-8(3)14/h4-7H2,1-3H3,(H,12,14)(H,13,15). The van der Waals surface area contributed by atoms with Crippen molar-refractivity contribution in [1.29, 1.82) is 0 Å². The first-order valence-electron chi connectivity index (χ1n) is 5.18. The molecule has 0 bridgehead atoms. The van der Waals surface area contributed by atoms with Crippen molar-refractivity contribution in [2.45, 2.75) is 37.9 Å². The van der Waals surface area contributed by atoms with Gasteiger partial charge in [0.1, 0.15) is 4.32 Å². The maximum absolute atomic E-state index is 11.7. The van der Waals surface area contributed by atoms with Gasteiger partial charge in [0.25, 0.3) is 0 Å². The fourth-order valence-corrected chi connectivity index (χ4v) is 1.28. The Bertz CT molecular complexity index is 227. The van der Waals surface area contributed by atoms with E-state index in [2.05, 4.69) is 26.6 Å². The molecule has 0 aliphatic carbocycles. The van der Waals surface area contributed by atoms with Crippen LogP contribution in [0.2, 0.25) is 0 Å². The second-order valence-corrected chi connectivity index (χ2v) is 4.93. The highest BCUT2D eigenvalue weighted by molar-refractivity contribution is 9.10. The minimum atomic E-state index is -0.469. The Labute approximate surface area is 99.3 Å². The van der Waals surface area contributed by atoms with Crippen LogP contribution in [0.3, 0.4) is 0 Å². The van der Waals surface area contributed by atoms with Crippen LogP contribution >= 0.6 is 15.9 Å². The number of nitrogens with one attached hydrogen (secondary N) is 2. The topological polar surface area (TPSA) is 58.2 Å². The van der Waals surface area contributed by atoms with Crippen LogP contribution in [-0.2, 0) is 9.59 Å². The lowest BCUT2D eigenvalue weighted by Gasteiger charge is -2.23. The van der Waals surface area contributed by atoms with E-state index in [4.69, 9.17) is 0 Å². The molecule has 15 heavy (non-hydrogen) atoms. The molecule has 0 saturated carbocycles. The van der Waals surface area contributed by atoms with Gasteiger partial charge in [0.2, 0.25) is 11.8 Å². The predicted molar refractivity (Wildman–Crippen MR) is 63.9 cm³/mol. The summed E-state index contributed by atoms with van der Waals surface area (Å²) >= 11 is 3.43. The Morgan fingerprint density at radius 3 is 2.00 bits per heavy atom. The zero-order chi connectivity index (χ0) is 11.9. The molecule has 4 nitrogen and oxygen atoms in total. The molecular formula is C10H19BrN2O2. The molecule has 2 amide bonds. The van der Waals surface area contributed by atoms with E-state index in [0.29, 0.717) is 13.1 Å². The first-order valence-corrected chi connectivity index (χ1v) is 5.97. The van der Waals surface area contributed by atoms with Gasteiger partial charge in [-0.15, -0.1) is 0 Å². The lowest BCUT2D eigenvalue weighted by atomic mass is 10.0. The van der Waals surface area contributed by atoms with Gasteiger partial charge in [0, 0.05) is 20.0 Å². The molecule has 5 heteroatoms. The van der Waals surface area contributed by atoms with Crippen LogP contribution in [0.1, 0.15) is 33.6 Å². The van der Waals surface area contributed by atoms with Crippen molar-refractivity contribution in [3.8, 4) is 0 Å². The van der Waals surface area contributed by atoms with Gasteiger partial charge in [-0.1, -0.05) is 29.8 Å². The van der Waals surface area contributed by atoms with Crippen molar-refractivity contribution in [3.63, 3.8) is 0 Å². The Morgan fingerprint density at radius 1 is 1.13 bits per heavy atom. The summed E-state index contributed by atoms with van der Waals surface area (Å²) in [5.41, 5.74) is 0. The molecule has 88 valence electrons. The SMILES string of the molecule is CCC(Br)(CC)C(=O)NCCNC(C)=O. The summed E-state index contributed by atoms with van der Waals surface area (Å²) in [4.78, 5) is 22.3. The lowest BCUT2D eigenvalue weighted by molar-refractivity contribution is -0.124. The molecule has 0 aliphatic rings. The molecule has 0 aromatic carbocycles. The average Bonchev–Trinajstić information content (AvgIpc) is 2.22. The van der Waals surface area contributed by atoms with Gasteiger partial charge >= 0.3 is 0 Å². The fraction of sp³-hybridized carbons (Fsp3) is 0.800. The monoisotopic (exact) mass is 278 g/mol. The van der Waals surface area contributed by atoms with Crippen LogP contribution in [0, 0.1) is 0 Å². The maximum atomic E-state index is 11.7. The number of carbonyl (C=O) groups is 2. The van der Waals surface area contributed by atoms with Crippen molar-refractivity contribution in [1.82, 2.24) is 10.6 Å². The highest BCUT2D eigenvalue weighted by atomic mass is 79.9. The minimum absolute atomic E-state index is 0.0159. The molecule has 0 aromatic heterocycles. The van der Waals surface area contributed by atoms with Crippen molar-refractivity contribution >= 4 is 27.7 Å². The Hall–Kier alpha value is -0.580. The lowest BCUT2D eigenvalue weighted by Crippen LogP contribution is -2.44. The molecule has 0 radical (unpaired) electrons. The van der Waals surface area contributed by atoms with Gasteiger partial charge < -0.3 is 10.6 Å². The van der Waals surface area contributed by atoms with Gasteiger partial charge in [0.15, 0.2) is 0 Å². The molecule has 0 aliphatic heterocycles. The zero-order valence-electron chi connectivity index (χ0n) is 9.52. The number of hydrogen-bond acceptors (Lipinski definition) is 2. The third-order valence-corrected chi connectivity index (χ3v) is 3.79. The Morgan fingerprint density at radius 2 is 1.60 bits per heavy atom. The van der Waals surface area contributed by atoms with Gasteiger partial charge in [-0.3, -0.25) is 9.59 Å². The fourth-order valence-electron chi connectivity index (χ4n) is 1.14. The third kappa shape index (κ3) is 5.16. The first kappa shape index (κ1) is 14.4. The van der Waals surface area contributed by atoms with Gasteiger partial charge in [0.05, 0.1) is 0 Å². The normalized spacial score (nSPS) is 10.9. The van der Waals surface area contributed by atoms with Crippen molar-refractivity contribution in [2.24, 2.45) is 0 Å². The molecule has 0 atom stereocenters. The van der Waals surface area contributed by atoms with E-state index in [1.165, 1.54) is 6.92 Å².